The summed E-state index contributed by atoms with van der Waals surface area (Å²) < 4.78 is 8.07. The molecular weight excluding hydrogens is 378 g/mol. The highest BCUT2D eigenvalue weighted by Gasteiger charge is 2.18. The molecule has 1 amide bonds. The number of aromatic nitrogens is 3. The van der Waals surface area contributed by atoms with Gasteiger partial charge in [0, 0.05) is 24.2 Å². The maximum atomic E-state index is 12.5. The highest BCUT2D eigenvalue weighted by molar-refractivity contribution is 5.94. The molecule has 0 spiro atoms. The van der Waals surface area contributed by atoms with Gasteiger partial charge in [-0.2, -0.15) is 5.26 Å². The Hall–Kier alpha value is -3.66. The van der Waals surface area contributed by atoms with Crippen molar-refractivity contribution in [3.8, 4) is 23.2 Å². The van der Waals surface area contributed by atoms with E-state index in [2.05, 4.69) is 26.2 Å². The smallest absolute Gasteiger partial charge is 0.265 e. The van der Waals surface area contributed by atoms with Crippen LogP contribution in [-0.4, -0.2) is 26.8 Å². The summed E-state index contributed by atoms with van der Waals surface area (Å²) in [6.45, 7) is 2.63. The topological polar surface area (TPSA) is 92.8 Å². The molecular formula is C23H23N5O2. The Kier molecular flexibility index (Phi) is 5.75. The van der Waals surface area contributed by atoms with Crippen LogP contribution in [0, 0.1) is 11.3 Å². The van der Waals surface area contributed by atoms with Gasteiger partial charge in [0.2, 0.25) is 0 Å². The normalized spacial score (nSPS) is 14.1. The first-order valence-electron chi connectivity index (χ1n) is 10.1. The molecule has 0 radical (unpaired) electrons. The molecule has 1 aliphatic rings. The van der Waals surface area contributed by atoms with Crippen LogP contribution in [0.25, 0.3) is 11.4 Å². The molecule has 0 bridgehead atoms. The number of fused-ring (bicyclic) bond motifs is 1. The first-order chi connectivity index (χ1) is 14.6. The minimum atomic E-state index is -0.689. The van der Waals surface area contributed by atoms with Crippen LogP contribution >= 0.6 is 0 Å². The molecule has 1 unspecified atom stereocenters. The molecule has 0 saturated heterocycles. The number of nitrogens with one attached hydrogen (secondary N) is 1. The number of amides is 1. The van der Waals surface area contributed by atoms with Gasteiger partial charge in [0.05, 0.1) is 11.6 Å². The van der Waals surface area contributed by atoms with Gasteiger partial charge < -0.3 is 14.6 Å². The van der Waals surface area contributed by atoms with Gasteiger partial charge in [-0.05, 0) is 56.2 Å². The van der Waals surface area contributed by atoms with E-state index < -0.39 is 6.10 Å². The van der Waals surface area contributed by atoms with Crippen molar-refractivity contribution in [3.05, 3.63) is 59.9 Å². The van der Waals surface area contributed by atoms with E-state index in [4.69, 9.17) is 10.00 Å². The van der Waals surface area contributed by atoms with Crippen LogP contribution in [0.5, 0.6) is 5.75 Å². The molecule has 1 atom stereocenters. The van der Waals surface area contributed by atoms with Crippen molar-refractivity contribution < 1.29 is 9.53 Å². The number of hydrogen-bond acceptors (Lipinski definition) is 5. The second-order valence-corrected chi connectivity index (χ2v) is 7.37. The number of hydrogen-bond donors (Lipinski definition) is 1. The third-order valence-electron chi connectivity index (χ3n) is 5.17. The summed E-state index contributed by atoms with van der Waals surface area (Å²) in [4.78, 5) is 12.5. The lowest BCUT2D eigenvalue weighted by Crippen LogP contribution is -2.30. The van der Waals surface area contributed by atoms with Crippen molar-refractivity contribution in [2.45, 2.75) is 45.3 Å². The predicted molar refractivity (Wildman–Crippen MR) is 113 cm³/mol. The second-order valence-electron chi connectivity index (χ2n) is 7.37. The fourth-order valence-electron chi connectivity index (χ4n) is 3.54. The van der Waals surface area contributed by atoms with E-state index in [0.717, 1.165) is 43.0 Å². The van der Waals surface area contributed by atoms with Crippen molar-refractivity contribution >= 4 is 11.6 Å². The molecule has 152 valence electrons. The molecule has 0 fully saturated rings. The van der Waals surface area contributed by atoms with Crippen molar-refractivity contribution in [1.82, 2.24) is 14.8 Å². The predicted octanol–water partition coefficient (Wildman–Crippen LogP) is 3.95. The summed E-state index contributed by atoms with van der Waals surface area (Å²) in [6, 6.07) is 16.4. The van der Waals surface area contributed by atoms with Crippen molar-refractivity contribution in [2.75, 3.05) is 5.32 Å². The van der Waals surface area contributed by atoms with E-state index in [1.807, 2.05) is 24.3 Å². The number of aryl methyl sites for hydroxylation is 1. The van der Waals surface area contributed by atoms with Gasteiger partial charge in [-0.25, -0.2) is 0 Å². The molecule has 3 aromatic rings. The Morgan fingerprint density at radius 1 is 1.17 bits per heavy atom. The highest BCUT2D eigenvalue weighted by atomic mass is 16.5. The second kappa shape index (κ2) is 8.78. The standard InChI is InChI=1S/C23H23N5O2/c1-16(23(29)25-19-11-9-17(15-24)10-12-19)30-20-7-5-6-18(14-20)22-27-26-21-8-3-2-4-13-28(21)22/h5-7,9-12,14,16H,2-4,8,13H2,1H3,(H,25,29). The Morgan fingerprint density at radius 2 is 2.00 bits per heavy atom. The lowest BCUT2D eigenvalue weighted by atomic mass is 10.2. The molecule has 0 aliphatic carbocycles. The van der Waals surface area contributed by atoms with Crippen LogP contribution in [0.1, 0.15) is 37.6 Å². The molecule has 1 N–H and O–H groups in total. The Balaban J connectivity index is 1.46. The molecule has 2 aromatic carbocycles. The van der Waals surface area contributed by atoms with Gasteiger partial charge in [0.1, 0.15) is 11.6 Å². The minimum Gasteiger partial charge on any atom is -0.481 e. The number of carbonyl (C=O) groups is 1. The number of ether oxygens (including phenoxy) is 1. The SMILES string of the molecule is CC(Oc1cccc(-c2nnc3n2CCCCC3)c1)C(=O)Nc1ccc(C#N)cc1. The Morgan fingerprint density at radius 3 is 2.80 bits per heavy atom. The Bertz CT molecular complexity index is 1080. The maximum Gasteiger partial charge on any atom is 0.265 e. The number of nitrogens with zero attached hydrogens (tertiary/aromatic N) is 4. The van der Waals surface area contributed by atoms with Gasteiger partial charge in [-0.3, -0.25) is 4.79 Å². The first kappa shape index (κ1) is 19.6. The van der Waals surface area contributed by atoms with Crippen LogP contribution in [0.4, 0.5) is 5.69 Å². The van der Waals surface area contributed by atoms with Gasteiger partial charge in [-0.15, -0.1) is 10.2 Å². The number of anilines is 1. The van der Waals surface area contributed by atoms with E-state index in [0.29, 0.717) is 17.0 Å². The zero-order valence-corrected chi connectivity index (χ0v) is 16.8. The number of benzene rings is 2. The van der Waals surface area contributed by atoms with Gasteiger partial charge in [0.25, 0.3) is 5.91 Å². The van der Waals surface area contributed by atoms with E-state index >= 15 is 0 Å². The summed E-state index contributed by atoms with van der Waals surface area (Å²) in [5.41, 5.74) is 2.09. The summed E-state index contributed by atoms with van der Waals surface area (Å²) in [6.07, 6.45) is 3.74. The van der Waals surface area contributed by atoms with E-state index in [1.54, 1.807) is 31.2 Å². The molecule has 1 aliphatic heterocycles. The lowest BCUT2D eigenvalue weighted by Gasteiger charge is -2.15. The number of rotatable bonds is 5. The summed E-state index contributed by atoms with van der Waals surface area (Å²) in [5, 5.41) is 20.4. The third kappa shape index (κ3) is 4.33. The zero-order valence-electron chi connectivity index (χ0n) is 16.8. The molecule has 1 aromatic heterocycles. The van der Waals surface area contributed by atoms with Crippen LogP contribution in [0.2, 0.25) is 0 Å². The van der Waals surface area contributed by atoms with Gasteiger partial charge in [0.15, 0.2) is 11.9 Å². The van der Waals surface area contributed by atoms with Crippen molar-refractivity contribution in [3.63, 3.8) is 0 Å². The Labute approximate surface area is 175 Å². The molecule has 2 heterocycles. The van der Waals surface area contributed by atoms with E-state index in [1.165, 1.54) is 6.42 Å². The monoisotopic (exact) mass is 401 g/mol. The van der Waals surface area contributed by atoms with Gasteiger partial charge >= 0.3 is 0 Å². The van der Waals surface area contributed by atoms with E-state index in [9.17, 15) is 4.79 Å². The maximum absolute atomic E-state index is 12.5. The minimum absolute atomic E-state index is 0.263. The van der Waals surface area contributed by atoms with Gasteiger partial charge in [-0.1, -0.05) is 18.6 Å². The van der Waals surface area contributed by atoms with Crippen LogP contribution in [0.3, 0.4) is 0 Å². The summed E-state index contributed by atoms with van der Waals surface area (Å²) >= 11 is 0. The van der Waals surface area contributed by atoms with Crippen molar-refractivity contribution in [2.24, 2.45) is 0 Å². The van der Waals surface area contributed by atoms with Crippen LogP contribution in [0.15, 0.2) is 48.5 Å². The lowest BCUT2D eigenvalue weighted by molar-refractivity contribution is -0.122. The molecule has 7 heteroatoms. The quantitative estimate of drug-likeness (QED) is 0.699. The average molecular weight is 401 g/mol. The first-order valence-corrected chi connectivity index (χ1v) is 10.1. The van der Waals surface area contributed by atoms with Crippen molar-refractivity contribution in [1.29, 1.82) is 5.26 Å². The average Bonchev–Trinajstić information content (AvgIpc) is 3.02. The fourth-order valence-corrected chi connectivity index (χ4v) is 3.54. The molecule has 7 nitrogen and oxygen atoms in total. The van der Waals surface area contributed by atoms with Crippen LogP contribution in [-0.2, 0) is 17.8 Å². The summed E-state index contributed by atoms with van der Waals surface area (Å²) in [5.74, 6) is 2.21. The number of carbonyl (C=O) groups excluding carboxylic acids is 1. The largest absolute Gasteiger partial charge is 0.481 e. The van der Waals surface area contributed by atoms with E-state index in [-0.39, 0.29) is 5.91 Å². The number of nitriles is 1. The molecule has 0 saturated carbocycles. The fraction of sp³-hybridized carbons (Fsp3) is 0.304. The van der Waals surface area contributed by atoms with Crippen LogP contribution < -0.4 is 10.1 Å². The molecule has 30 heavy (non-hydrogen) atoms. The third-order valence-corrected chi connectivity index (χ3v) is 5.17. The highest BCUT2D eigenvalue weighted by Crippen LogP contribution is 2.26. The molecule has 4 rings (SSSR count). The summed E-state index contributed by atoms with van der Waals surface area (Å²) in [7, 11) is 0. The zero-order chi connectivity index (χ0) is 20.9.